The van der Waals surface area contributed by atoms with Crippen LogP contribution in [0.1, 0.15) is 60.1 Å². The van der Waals surface area contributed by atoms with Gasteiger partial charge in [0.05, 0.1) is 0 Å². The first-order valence-electron chi connectivity index (χ1n) is 9.29. The summed E-state index contributed by atoms with van der Waals surface area (Å²) < 4.78 is 0. The molecule has 5 rings (SSSR count). The van der Waals surface area contributed by atoms with Gasteiger partial charge in [0.1, 0.15) is 0 Å². The molecule has 3 aromatic rings. The average Bonchev–Trinajstić information content (AvgIpc) is 2.97. The fourth-order valence-corrected chi connectivity index (χ4v) is 4.96. The number of fused-ring (bicyclic) bond motifs is 6. The summed E-state index contributed by atoms with van der Waals surface area (Å²) in [6, 6.07) is 18.8. The van der Waals surface area contributed by atoms with Crippen LogP contribution in [-0.2, 0) is 5.41 Å². The first kappa shape index (κ1) is 15.0. The molecule has 0 saturated carbocycles. The molecule has 0 aromatic heterocycles. The molecule has 25 heavy (non-hydrogen) atoms. The Hall–Kier alpha value is -2.34. The van der Waals surface area contributed by atoms with Crippen molar-refractivity contribution in [3.63, 3.8) is 0 Å². The molecule has 0 heterocycles. The monoisotopic (exact) mass is 324 g/mol. The molecule has 1 atom stereocenters. The van der Waals surface area contributed by atoms with Crippen LogP contribution in [0.15, 0.2) is 48.5 Å². The summed E-state index contributed by atoms with van der Waals surface area (Å²) in [5.74, 6) is 0.479. The van der Waals surface area contributed by atoms with E-state index in [4.69, 9.17) is 0 Å². The summed E-state index contributed by atoms with van der Waals surface area (Å²) in [6.07, 6.45) is 0. The number of hydrogen-bond acceptors (Lipinski definition) is 0. The quantitative estimate of drug-likeness (QED) is 0.429. The second kappa shape index (κ2) is 4.64. The first-order chi connectivity index (χ1) is 11.9. The topological polar surface area (TPSA) is 0 Å². The van der Waals surface area contributed by atoms with Crippen molar-refractivity contribution in [2.75, 3.05) is 0 Å². The summed E-state index contributed by atoms with van der Waals surface area (Å²) in [7, 11) is 0. The van der Waals surface area contributed by atoms with Crippen LogP contribution in [0.25, 0.3) is 22.3 Å². The smallest absolute Gasteiger partial charge is 0.0159 e. The Labute approximate surface area is 150 Å². The van der Waals surface area contributed by atoms with Crippen LogP contribution in [0.4, 0.5) is 0 Å². The molecule has 0 N–H and O–H groups in total. The summed E-state index contributed by atoms with van der Waals surface area (Å²) >= 11 is 0. The third-order valence-corrected chi connectivity index (χ3v) is 6.43. The normalized spacial score (nSPS) is 18.5. The molecular formula is C25H24. The van der Waals surface area contributed by atoms with E-state index in [0.717, 1.165) is 0 Å². The van der Waals surface area contributed by atoms with Crippen molar-refractivity contribution in [3.05, 3.63) is 81.9 Å². The molecule has 0 saturated heterocycles. The maximum Gasteiger partial charge on any atom is 0.0159 e. The van der Waals surface area contributed by atoms with Crippen LogP contribution in [0.2, 0.25) is 0 Å². The van der Waals surface area contributed by atoms with Crippen LogP contribution in [0.3, 0.4) is 0 Å². The van der Waals surface area contributed by atoms with Crippen molar-refractivity contribution in [1.82, 2.24) is 0 Å². The van der Waals surface area contributed by atoms with Gasteiger partial charge in [-0.2, -0.15) is 0 Å². The van der Waals surface area contributed by atoms with Gasteiger partial charge in [-0.25, -0.2) is 0 Å². The third kappa shape index (κ3) is 1.83. The van der Waals surface area contributed by atoms with E-state index in [0.29, 0.717) is 5.92 Å². The van der Waals surface area contributed by atoms with Crippen LogP contribution in [0, 0.1) is 13.8 Å². The van der Waals surface area contributed by atoms with Crippen molar-refractivity contribution in [1.29, 1.82) is 0 Å². The fourth-order valence-electron chi connectivity index (χ4n) is 4.96. The Kier molecular flexibility index (Phi) is 2.77. The van der Waals surface area contributed by atoms with Crippen molar-refractivity contribution in [2.24, 2.45) is 0 Å². The van der Waals surface area contributed by atoms with Crippen molar-refractivity contribution in [2.45, 2.75) is 46.0 Å². The lowest BCUT2D eigenvalue weighted by Crippen LogP contribution is -2.15. The average molecular weight is 324 g/mol. The number of hydrogen-bond donors (Lipinski definition) is 0. The summed E-state index contributed by atoms with van der Waals surface area (Å²) in [5, 5.41) is 0. The number of aryl methyl sites for hydroxylation is 2. The predicted molar refractivity (Wildman–Crippen MR) is 106 cm³/mol. The molecule has 0 aliphatic heterocycles. The minimum Gasteiger partial charge on any atom is -0.0587 e. The molecule has 0 heteroatoms. The van der Waals surface area contributed by atoms with Crippen LogP contribution < -0.4 is 0 Å². The Morgan fingerprint density at radius 2 is 1.24 bits per heavy atom. The highest BCUT2D eigenvalue weighted by molar-refractivity contribution is 5.88. The van der Waals surface area contributed by atoms with Gasteiger partial charge in [0.25, 0.3) is 0 Å². The zero-order valence-corrected chi connectivity index (χ0v) is 15.7. The SMILES string of the molecule is Cc1ccc2c(c1)C(C)c1cc3c(cc1-2)C(C)(C)c1cc(C)ccc1-3. The maximum atomic E-state index is 2.48. The molecule has 124 valence electrons. The van der Waals surface area contributed by atoms with E-state index in [1.807, 2.05) is 0 Å². The van der Waals surface area contributed by atoms with E-state index in [9.17, 15) is 0 Å². The van der Waals surface area contributed by atoms with Gasteiger partial charge < -0.3 is 0 Å². The Morgan fingerprint density at radius 1 is 0.640 bits per heavy atom. The maximum absolute atomic E-state index is 2.48. The lowest BCUT2D eigenvalue weighted by molar-refractivity contribution is 0.660. The van der Waals surface area contributed by atoms with E-state index in [1.165, 1.54) is 55.6 Å². The highest BCUT2D eigenvalue weighted by Crippen LogP contribution is 2.54. The minimum absolute atomic E-state index is 0.0718. The second-order valence-electron chi connectivity index (χ2n) is 8.47. The predicted octanol–water partition coefficient (Wildman–Crippen LogP) is 6.74. The first-order valence-corrected chi connectivity index (χ1v) is 9.29. The highest BCUT2D eigenvalue weighted by atomic mass is 14.4. The van der Waals surface area contributed by atoms with Crippen LogP contribution >= 0.6 is 0 Å². The van der Waals surface area contributed by atoms with Crippen molar-refractivity contribution >= 4 is 0 Å². The number of benzene rings is 3. The van der Waals surface area contributed by atoms with Crippen LogP contribution in [-0.4, -0.2) is 0 Å². The number of rotatable bonds is 0. The lowest BCUT2D eigenvalue weighted by atomic mass is 9.81. The van der Waals surface area contributed by atoms with Gasteiger partial charge in [-0.3, -0.25) is 0 Å². The molecule has 2 aliphatic rings. The fraction of sp³-hybridized carbons (Fsp3) is 0.280. The molecule has 3 aromatic carbocycles. The lowest BCUT2D eigenvalue weighted by Gasteiger charge is -2.22. The zero-order valence-electron chi connectivity index (χ0n) is 15.7. The van der Waals surface area contributed by atoms with E-state index in [1.54, 1.807) is 0 Å². The largest absolute Gasteiger partial charge is 0.0587 e. The van der Waals surface area contributed by atoms with E-state index in [-0.39, 0.29) is 5.41 Å². The van der Waals surface area contributed by atoms with Gasteiger partial charge in [-0.1, -0.05) is 68.3 Å². The van der Waals surface area contributed by atoms with E-state index >= 15 is 0 Å². The van der Waals surface area contributed by atoms with Gasteiger partial charge >= 0.3 is 0 Å². The standard InChI is InChI=1S/C25H24/c1-14-6-8-17-19(10-14)16(3)20-12-22-18-9-7-15(2)11-23(18)25(4,5)24(22)13-21(17)20/h6-13,16H,1-5H3. The molecule has 0 radical (unpaired) electrons. The van der Waals surface area contributed by atoms with Gasteiger partial charge in [-0.15, -0.1) is 0 Å². The molecular weight excluding hydrogens is 300 g/mol. The van der Waals surface area contributed by atoms with Gasteiger partial charge in [0, 0.05) is 11.3 Å². The molecule has 0 spiro atoms. The molecule has 1 unspecified atom stereocenters. The van der Waals surface area contributed by atoms with Crippen LogP contribution in [0.5, 0.6) is 0 Å². The molecule has 0 bridgehead atoms. The molecule has 2 aliphatic carbocycles. The molecule has 0 amide bonds. The van der Waals surface area contributed by atoms with E-state index < -0.39 is 0 Å². The summed E-state index contributed by atoms with van der Waals surface area (Å²) in [5.41, 5.74) is 14.4. The second-order valence-corrected chi connectivity index (χ2v) is 8.47. The van der Waals surface area contributed by atoms with E-state index in [2.05, 4.69) is 83.1 Å². The third-order valence-electron chi connectivity index (χ3n) is 6.43. The summed E-state index contributed by atoms with van der Waals surface area (Å²) in [4.78, 5) is 0. The van der Waals surface area contributed by atoms with Gasteiger partial charge in [0.15, 0.2) is 0 Å². The van der Waals surface area contributed by atoms with Crippen molar-refractivity contribution < 1.29 is 0 Å². The molecule has 0 nitrogen and oxygen atoms in total. The Balaban J connectivity index is 1.81. The summed E-state index contributed by atoms with van der Waals surface area (Å²) in [6.45, 7) is 11.5. The van der Waals surface area contributed by atoms with Gasteiger partial charge in [-0.05, 0) is 70.5 Å². The Bertz CT molecular complexity index is 1050. The zero-order chi connectivity index (χ0) is 17.5. The molecule has 0 fully saturated rings. The highest BCUT2D eigenvalue weighted by Gasteiger charge is 2.38. The van der Waals surface area contributed by atoms with Crippen molar-refractivity contribution in [3.8, 4) is 22.3 Å². The Morgan fingerprint density at radius 3 is 2.00 bits per heavy atom. The van der Waals surface area contributed by atoms with Gasteiger partial charge in [0.2, 0.25) is 0 Å². The minimum atomic E-state index is 0.0718.